The van der Waals surface area contributed by atoms with Crippen molar-refractivity contribution in [3.05, 3.63) is 29.3 Å². The number of hydrogen-bond donors (Lipinski definition) is 1. The Kier molecular flexibility index (Phi) is 3.88. The molecule has 0 aliphatic carbocycles. The van der Waals surface area contributed by atoms with Gasteiger partial charge >= 0.3 is 5.97 Å². The summed E-state index contributed by atoms with van der Waals surface area (Å²) in [5.41, 5.74) is 0.657. The topological polar surface area (TPSA) is 95.7 Å². The van der Waals surface area contributed by atoms with Gasteiger partial charge in [0.25, 0.3) is 0 Å². The lowest BCUT2D eigenvalue weighted by Gasteiger charge is -2.11. The second-order valence-electron chi connectivity index (χ2n) is 4.42. The maximum atomic E-state index is 11.9. The molecule has 0 saturated carbocycles. The highest BCUT2D eigenvalue weighted by molar-refractivity contribution is 7.89. The molecule has 1 aromatic rings. The Morgan fingerprint density at radius 3 is 2.79 bits per heavy atom. The summed E-state index contributed by atoms with van der Waals surface area (Å²) >= 11 is 0. The molecule has 1 fully saturated rings. The fraction of sp³-hybridized carbons (Fsp3) is 0.417. The van der Waals surface area contributed by atoms with Crippen molar-refractivity contribution < 1.29 is 22.7 Å². The second-order valence-corrected chi connectivity index (χ2v) is 5.95. The smallest absolute Gasteiger partial charge is 0.338 e. The van der Waals surface area contributed by atoms with Crippen LogP contribution in [0.5, 0.6) is 0 Å². The van der Waals surface area contributed by atoms with Crippen molar-refractivity contribution in [3.63, 3.8) is 0 Å². The minimum atomic E-state index is -3.85. The third kappa shape index (κ3) is 3.31. The van der Waals surface area contributed by atoms with Crippen LogP contribution < -0.4 is 5.14 Å². The third-order valence-corrected chi connectivity index (χ3v) is 3.94. The van der Waals surface area contributed by atoms with Crippen LogP contribution in [0.2, 0.25) is 0 Å². The van der Waals surface area contributed by atoms with E-state index in [1.165, 1.54) is 18.2 Å². The minimum Gasteiger partial charge on any atom is -0.456 e. The van der Waals surface area contributed by atoms with E-state index in [-0.39, 0.29) is 16.6 Å². The van der Waals surface area contributed by atoms with Crippen LogP contribution in [0.3, 0.4) is 0 Å². The van der Waals surface area contributed by atoms with E-state index in [9.17, 15) is 13.2 Å². The number of rotatable bonds is 3. The SMILES string of the molecule is Cc1ccc(C(=O)OC2CCOC2)cc1S(N)(=O)=O. The highest BCUT2D eigenvalue weighted by atomic mass is 32.2. The molecular weight excluding hydrogens is 270 g/mol. The summed E-state index contributed by atoms with van der Waals surface area (Å²) < 4.78 is 33.1. The molecule has 7 heteroatoms. The number of primary sulfonamides is 1. The van der Waals surface area contributed by atoms with Crippen LogP contribution in [-0.4, -0.2) is 33.7 Å². The van der Waals surface area contributed by atoms with Gasteiger partial charge in [0, 0.05) is 6.42 Å². The molecule has 0 spiro atoms. The number of sulfonamides is 1. The van der Waals surface area contributed by atoms with Gasteiger partial charge in [0.15, 0.2) is 0 Å². The van der Waals surface area contributed by atoms with Gasteiger partial charge in [-0.3, -0.25) is 0 Å². The number of ether oxygens (including phenoxy) is 2. The molecule has 1 atom stereocenters. The molecule has 1 saturated heterocycles. The number of esters is 1. The van der Waals surface area contributed by atoms with E-state index in [1.807, 2.05) is 0 Å². The lowest BCUT2D eigenvalue weighted by atomic mass is 10.1. The molecule has 1 aromatic carbocycles. The monoisotopic (exact) mass is 285 g/mol. The highest BCUT2D eigenvalue weighted by Crippen LogP contribution is 2.18. The minimum absolute atomic E-state index is 0.0652. The summed E-state index contributed by atoms with van der Waals surface area (Å²) in [6.07, 6.45) is 0.381. The van der Waals surface area contributed by atoms with Crippen LogP contribution in [-0.2, 0) is 19.5 Å². The van der Waals surface area contributed by atoms with Gasteiger partial charge in [0.1, 0.15) is 6.10 Å². The van der Waals surface area contributed by atoms with E-state index in [0.29, 0.717) is 25.2 Å². The largest absolute Gasteiger partial charge is 0.456 e. The first-order valence-electron chi connectivity index (χ1n) is 5.80. The van der Waals surface area contributed by atoms with E-state index in [2.05, 4.69) is 0 Å². The zero-order valence-corrected chi connectivity index (χ0v) is 11.3. The summed E-state index contributed by atoms with van der Waals surface area (Å²) in [5, 5.41) is 5.09. The van der Waals surface area contributed by atoms with Gasteiger partial charge < -0.3 is 9.47 Å². The molecule has 0 radical (unpaired) electrons. The molecule has 0 bridgehead atoms. The van der Waals surface area contributed by atoms with Crippen LogP contribution in [0, 0.1) is 6.92 Å². The lowest BCUT2D eigenvalue weighted by molar-refractivity contribution is 0.0270. The molecule has 0 aromatic heterocycles. The van der Waals surface area contributed by atoms with Crippen molar-refractivity contribution in [1.29, 1.82) is 0 Å². The number of carbonyl (C=O) groups excluding carboxylic acids is 1. The molecule has 6 nitrogen and oxygen atoms in total. The molecular formula is C12H15NO5S. The fourth-order valence-corrected chi connectivity index (χ4v) is 2.67. The number of nitrogens with two attached hydrogens (primary N) is 1. The van der Waals surface area contributed by atoms with Gasteiger partial charge in [-0.25, -0.2) is 18.4 Å². The Hall–Kier alpha value is -1.44. The molecule has 2 N–H and O–H groups in total. The number of aryl methyl sites for hydroxylation is 1. The van der Waals surface area contributed by atoms with Crippen molar-refractivity contribution in [3.8, 4) is 0 Å². The molecule has 1 unspecified atom stereocenters. The van der Waals surface area contributed by atoms with Crippen molar-refractivity contribution in [2.45, 2.75) is 24.3 Å². The summed E-state index contributed by atoms with van der Waals surface area (Å²) in [4.78, 5) is 11.8. The maximum absolute atomic E-state index is 11.9. The van der Waals surface area contributed by atoms with E-state index >= 15 is 0 Å². The molecule has 1 aliphatic heterocycles. The average molecular weight is 285 g/mol. The predicted octanol–water partition coefficient (Wildman–Crippen LogP) is 0.588. The van der Waals surface area contributed by atoms with Crippen molar-refractivity contribution in [1.82, 2.24) is 0 Å². The van der Waals surface area contributed by atoms with E-state index in [0.717, 1.165) is 0 Å². The van der Waals surface area contributed by atoms with Crippen molar-refractivity contribution >= 4 is 16.0 Å². The summed E-state index contributed by atoms with van der Waals surface area (Å²) in [6, 6.07) is 4.28. The fourth-order valence-electron chi connectivity index (χ4n) is 1.86. The molecule has 1 heterocycles. The first kappa shape index (κ1) is 14.0. The normalized spacial score (nSPS) is 19.4. The summed E-state index contributed by atoms with van der Waals surface area (Å²) in [6.45, 7) is 2.55. The van der Waals surface area contributed by atoms with Crippen molar-refractivity contribution in [2.75, 3.05) is 13.2 Å². The standard InChI is InChI=1S/C12H15NO5S/c1-8-2-3-9(6-11(8)19(13,15)16)12(14)18-10-4-5-17-7-10/h2-3,6,10H,4-5,7H2,1H3,(H2,13,15,16). The Morgan fingerprint density at radius 1 is 1.47 bits per heavy atom. The Balaban J connectivity index is 2.23. The van der Waals surface area contributed by atoms with Gasteiger partial charge in [-0.2, -0.15) is 0 Å². The van der Waals surface area contributed by atoms with Gasteiger partial charge in [0.2, 0.25) is 10.0 Å². The quantitative estimate of drug-likeness (QED) is 0.820. The van der Waals surface area contributed by atoms with Gasteiger partial charge in [-0.05, 0) is 24.6 Å². The first-order valence-corrected chi connectivity index (χ1v) is 7.35. The summed E-state index contributed by atoms with van der Waals surface area (Å²) in [5.74, 6) is -0.569. The lowest BCUT2D eigenvalue weighted by Crippen LogP contribution is -2.19. The summed E-state index contributed by atoms with van der Waals surface area (Å²) in [7, 11) is -3.85. The maximum Gasteiger partial charge on any atom is 0.338 e. The van der Waals surface area contributed by atoms with Crippen LogP contribution in [0.25, 0.3) is 0 Å². The second kappa shape index (κ2) is 5.28. The molecule has 0 amide bonds. The Bertz CT molecular complexity index is 590. The van der Waals surface area contributed by atoms with E-state index < -0.39 is 16.0 Å². The number of benzene rings is 1. The Morgan fingerprint density at radius 2 is 2.21 bits per heavy atom. The molecule has 1 aliphatic rings. The number of carbonyl (C=O) groups is 1. The molecule has 19 heavy (non-hydrogen) atoms. The van der Waals surface area contributed by atoms with Crippen LogP contribution >= 0.6 is 0 Å². The van der Waals surface area contributed by atoms with E-state index in [4.69, 9.17) is 14.6 Å². The van der Waals surface area contributed by atoms with Crippen molar-refractivity contribution in [2.24, 2.45) is 5.14 Å². The zero-order valence-electron chi connectivity index (χ0n) is 10.5. The average Bonchev–Trinajstić information content (AvgIpc) is 2.80. The van der Waals surface area contributed by atoms with Crippen LogP contribution in [0.4, 0.5) is 0 Å². The van der Waals surface area contributed by atoms with Crippen LogP contribution in [0.1, 0.15) is 22.3 Å². The molecule has 2 rings (SSSR count). The van der Waals surface area contributed by atoms with Gasteiger partial charge in [0.05, 0.1) is 23.7 Å². The van der Waals surface area contributed by atoms with Gasteiger partial charge in [-0.15, -0.1) is 0 Å². The first-order chi connectivity index (χ1) is 8.88. The van der Waals surface area contributed by atoms with Crippen LogP contribution in [0.15, 0.2) is 23.1 Å². The van der Waals surface area contributed by atoms with Gasteiger partial charge in [-0.1, -0.05) is 6.07 Å². The highest BCUT2D eigenvalue weighted by Gasteiger charge is 2.22. The predicted molar refractivity (Wildman–Crippen MR) is 67.2 cm³/mol. The number of hydrogen-bond acceptors (Lipinski definition) is 5. The molecule has 104 valence electrons. The zero-order chi connectivity index (χ0) is 14.0. The Labute approximate surface area is 111 Å². The van der Waals surface area contributed by atoms with E-state index in [1.54, 1.807) is 6.92 Å². The third-order valence-electron chi connectivity index (χ3n) is 2.89.